The van der Waals surface area contributed by atoms with E-state index in [1.807, 2.05) is 65.7 Å². The van der Waals surface area contributed by atoms with E-state index in [4.69, 9.17) is 37.8 Å². The first-order valence-electron chi connectivity index (χ1n) is 9.34. The molecule has 2 aliphatic heterocycles. The van der Waals surface area contributed by atoms with Crippen LogP contribution in [0.1, 0.15) is 35.4 Å². The molecule has 2 aliphatic rings. The molecule has 0 N–H and O–H groups in total. The topological polar surface area (TPSA) is 34.1 Å². The van der Waals surface area contributed by atoms with Crippen molar-refractivity contribution in [1.82, 2.24) is 5.01 Å². The molecule has 3 aromatic carbocycles. The first kappa shape index (κ1) is 18.3. The highest BCUT2D eigenvalue weighted by Crippen LogP contribution is 2.48. The van der Waals surface area contributed by atoms with Gasteiger partial charge in [0.05, 0.1) is 18.9 Å². The molecule has 2 heterocycles. The summed E-state index contributed by atoms with van der Waals surface area (Å²) in [5, 5.41) is 8.36. The summed E-state index contributed by atoms with van der Waals surface area (Å²) in [5.74, 6) is 1.64. The normalized spacial score (nSPS) is 19.8. The smallest absolute Gasteiger partial charge is 0.213 e. The van der Waals surface area contributed by atoms with Crippen molar-refractivity contribution in [1.29, 1.82) is 0 Å². The first-order chi connectivity index (χ1) is 14.1. The predicted octanol–water partition coefficient (Wildman–Crippen LogP) is 6.24. The zero-order valence-electron chi connectivity index (χ0n) is 15.7. The second-order valence-electron chi connectivity index (χ2n) is 7.08. The summed E-state index contributed by atoms with van der Waals surface area (Å²) in [7, 11) is 1.67. The van der Waals surface area contributed by atoms with Crippen LogP contribution in [0, 0.1) is 0 Å². The molecule has 0 saturated heterocycles. The van der Waals surface area contributed by atoms with E-state index in [0.29, 0.717) is 10.0 Å². The summed E-state index contributed by atoms with van der Waals surface area (Å²) in [6, 6.07) is 21.5. The van der Waals surface area contributed by atoms with Crippen molar-refractivity contribution in [2.45, 2.75) is 18.7 Å². The molecule has 3 aromatic rings. The number of ether oxygens (including phenoxy) is 2. The van der Waals surface area contributed by atoms with E-state index in [1.165, 1.54) is 0 Å². The first-order valence-corrected chi connectivity index (χ1v) is 10.1. The van der Waals surface area contributed by atoms with Crippen molar-refractivity contribution < 1.29 is 9.47 Å². The molecule has 0 aliphatic carbocycles. The molecular formula is C23H18Cl2N2O2. The van der Waals surface area contributed by atoms with Crippen LogP contribution in [0.2, 0.25) is 10.0 Å². The molecule has 29 heavy (non-hydrogen) atoms. The Labute approximate surface area is 179 Å². The minimum absolute atomic E-state index is 0.0410. The summed E-state index contributed by atoms with van der Waals surface area (Å²) in [5.41, 5.74) is 4.07. The number of hydrazone groups is 1. The molecule has 4 nitrogen and oxygen atoms in total. The van der Waals surface area contributed by atoms with Gasteiger partial charge in [0.15, 0.2) is 0 Å². The molecule has 5 rings (SSSR count). The Morgan fingerprint density at radius 1 is 1.00 bits per heavy atom. The maximum atomic E-state index is 6.35. The highest BCUT2D eigenvalue weighted by atomic mass is 35.5. The van der Waals surface area contributed by atoms with Crippen LogP contribution in [-0.4, -0.2) is 17.8 Å². The molecule has 0 saturated carbocycles. The maximum absolute atomic E-state index is 6.35. The lowest BCUT2D eigenvalue weighted by Crippen LogP contribution is -2.33. The average molecular weight is 425 g/mol. The van der Waals surface area contributed by atoms with Crippen LogP contribution in [0.15, 0.2) is 71.8 Å². The fourth-order valence-electron chi connectivity index (χ4n) is 3.88. The number of halogens is 2. The van der Waals surface area contributed by atoms with E-state index in [-0.39, 0.29) is 12.3 Å². The molecule has 0 unspecified atom stereocenters. The van der Waals surface area contributed by atoms with Gasteiger partial charge in [-0.05, 0) is 42.5 Å². The van der Waals surface area contributed by atoms with Crippen LogP contribution in [0.3, 0.4) is 0 Å². The highest BCUT2D eigenvalue weighted by molar-refractivity contribution is 6.30. The molecule has 0 fully saturated rings. The van der Waals surface area contributed by atoms with Gasteiger partial charge in [0, 0.05) is 33.2 Å². The highest BCUT2D eigenvalue weighted by Gasteiger charge is 2.41. The van der Waals surface area contributed by atoms with Crippen LogP contribution >= 0.6 is 23.2 Å². The molecule has 0 amide bonds. The van der Waals surface area contributed by atoms with E-state index in [0.717, 1.165) is 40.3 Å². The van der Waals surface area contributed by atoms with Gasteiger partial charge < -0.3 is 9.47 Å². The second-order valence-corrected chi connectivity index (χ2v) is 7.96. The van der Waals surface area contributed by atoms with Gasteiger partial charge in [0.1, 0.15) is 11.5 Å². The lowest BCUT2D eigenvalue weighted by molar-refractivity contribution is -0.0190. The Bertz CT molecular complexity index is 1100. The van der Waals surface area contributed by atoms with E-state index >= 15 is 0 Å². The molecule has 2 atom stereocenters. The molecule has 6 heteroatoms. The number of hydrogen-bond donors (Lipinski definition) is 0. The van der Waals surface area contributed by atoms with Crippen molar-refractivity contribution in [3.05, 3.63) is 93.5 Å². The van der Waals surface area contributed by atoms with Gasteiger partial charge in [0.2, 0.25) is 6.23 Å². The largest absolute Gasteiger partial charge is 0.497 e. The van der Waals surface area contributed by atoms with Gasteiger partial charge in [0.25, 0.3) is 0 Å². The van der Waals surface area contributed by atoms with Crippen molar-refractivity contribution in [3.8, 4) is 11.5 Å². The second kappa shape index (κ2) is 7.29. The van der Waals surface area contributed by atoms with Crippen LogP contribution in [0.4, 0.5) is 0 Å². The number of methoxy groups -OCH3 is 1. The average Bonchev–Trinajstić information content (AvgIpc) is 3.20. The zero-order chi connectivity index (χ0) is 20.0. The Hall–Kier alpha value is -2.69. The molecule has 0 aromatic heterocycles. The minimum atomic E-state index is -0.339. The van der Waals surface area contributed by atoms with E-state index < -0.39 is 0 Å². The van der Waals surface area contributed by atoms with Crippen LogP contribution in [0.25, 0.3) is 0 Å². The third-order valence-electron chi connectivity index (χ3n) is 5.31. The predicted molar refractivity (Wildman–Crippen MR) is 115 cm³/mol. The standard InChI is InChI=1S/C23H18Cl2N2O2/c1-28-18-4-2-3-15(11-18)20-13-21-19-12-17(25)9-10-22(19)29-23(27(21)26-20)14-5-7-16(24)8-6-14/h2-12,21,23H,13H2,1H3/t21-,23+/m0/s1. The summed E-state index contributed by atoms with van der Waals surface area (Å²) in [6.45, 7) is 0. The van der Waals surface area contributed by atoms with Gasteiger partial charge in [-0.25, -0.2) is 5.01 Å². The summed E-state index contributed by atoms with van der Waals surface area (Å²) >= 11 is 12.4. The third kappa shape index (κ3) is 3.33. The van der Waals surface area contributed by atoms with Crippen LogP contribution in [0.5, 0.6) is 11.5 Å². The van der Waals surface area contributed by atoms with Crippen LogP contribution in [-0.2, 0) is 0 Å². The van der Waals surface area contributed by atoms with E-state index in [2.05, 4.69) is 6.07 Å². The number of fused-ring (bicyclic) bond motifs is 3. The van der Waals surface area contributed by atoms with Crippen molar-refractivity contribution in [2.24, 2.45) is 5.10 Å². The molecule has 146 valence electrons. The molecule has 0 spiro atoms. The molecule has 0 bridgehead atoms. The van der Waals surface area contributed by atoms with Crippen molar-refractivity contribution in [3.63, 3.8) is 0 Å². The Morgan fingerprint density at radius 3 is 2.59 bits per heavy atom. The Kier molecular flexibility index (Phi) is 4.61. The summed E-state index contributed by atoms with van der Waals surface area (Å²) in [4.78, 5) is 0. The monoisotopic (exact) mass is 424 g/mol. The van der Waals surface area contributed by atoms with E-state index in [9.17, 15) is 0 Å². The van der Waals surface area contributed by atoms with Gasteiger partial charge in [-0.3, -0.25) is 0 Å². The number of rotatable bonds is 3. The lowest BCUT2D eigenvalue weighted by atomic mass is 9.96. The lowest BCUT2D eigenvalue weighted by Gasteiger charge is -2.38. The third-order valence-corrected chi connectivity index (χ3v) is 5.80. The van der Waals surface area contributed by atoms with Crippen molar-refractivity contribution in [2.75, 3.05) is 7.11 Å². The maximum Gasteiger partial charge on any atom is 0.213 e. The Balaban J connectivity index is 1.59. The quantitative estimate of drug-likeness (QED) is 0.498. The summed E-state index contributed by atoms with van der Waals surface area (Å²) in [6.07, 6.45) is 0.419. The van der Waals surface area contributed by atoms with Crippen molar-refractivity contribution >= 4 is 28.9 Å². The number of hydrogen-bond acceptors (Lipinski definition) is 4. The van der Waals surface area contributed by atoms with E-state index in [1.54, 1.807) is 7.11 Å². The number of benzene rings is 3. The van der Waals surface area contributed by atoms with Gasteiger partial charge in [-0.1, -0.05) is 47.5 Å². The fraction of sp³-hybridized carbons (Fsp3) is 0.174. The van der Waals surface area contributed by atoms with Crippen LogP contribution < -0.4 is 9.47 Å². The van der Waals surface area contributed by atoms with Gasteiger partial charge in [-0.15, -0.1) is 0 Å². The van der Waals surface area contributed by atoms with Gasteiger partial charge in [-0.2, -0.15) is 5.10 Å². The fourth-order valence-corrected chi connectivity index (χ4v) is 4.19. The molecule has 0 radical (unpaired) electrons. The number of nitrogens with zero attached hydrogens (tertiary/aromatic N) is 2. The zero-order valence-corrected chi connectivity index (χ0v) is 17.2. The van der Waals surface area contributed by atoms with Gasteiger partial charge >= 0.3 is 0 Å². The summed E-state index contributed by atoms with van der Waals surface area (Å²) < 4.78 is 11.7. The Morgan fingerprint density at radius 2 is 1.79 bits per heavy atom. The SMILES string of the molecule is COc1cccc(C2=NN3[C@@H](c4ccc(Cl)cc4)Oc4ccc(Cl)cc4[C@@H]3C2)c1. The molecular weight excluding hydrogens is 407 g/mol. The minimum Gasteiger partial charge on any atom is -0.497 e.